The number of halogens is 3. The molecule has 0 unspecified atom stereocenters. The predicted molar refractivity (Wildman–Crippen MR) is 55.2 cm³/mol. The first-order valence-electron chi connectivity index (χ1n) is 4.92. The lowest BCUT2D eigenvalue weighted by molar-refractivity contribution is -0.275. The summed E-state index contributed by atoms with van der Waals surface area (Å²) >= 11 is 0. The van der Waals surface area contributed by atoms with Gasteiger partial charge in [-0.3, -0.25) is 0 Å². The first kappa shape index (κ1) is 14.1. The monoisotopic (exact) mass is 264 g/mol. The van der Waals surface area contributed by atoms with E-state index in [1.807, 2.05) is 0 Å². The molecule has 18 heavy (non-hydrogen) atoms. The Morgan fingerprint density at radius 3 is 2.28 bits per heavy atom. The van der Waals surface area contributed by atoms with Crippen LogP contribution >= 0.6 is 0 Å². The Labute approximate surface area is 101 Å². The average molecular weight is 264 g/mol. The number of rotatable bonds is 4. The number of methoxy groups -OCH3 is 1. The van der Waals surface area contributed by atoms with Gasteiger partial charge in [0.25, 0.3) is 0 Å². The lowest BCUT2D eigenvalue weighted by Crippen LogP contribution is -2.25. The van der Waals surface area contributed by atoms with Crippen LogP contribution in [0.3, 0.4) is 0 Å². The molecule has 0 radical (unpaired) electrons. The third-order valence-corrected chi connectivity index (χ3v) is 1.91. The van der Waals surface area contributed by atoms with Crippen molar-refractivity contribution in [1.29, 1.82) is 0 Å². The second-order valence-electron chi connectivity index (χ2n) is 3.28. The van der Waals surface area contributed by atoms with Crippen molar-refractivity contribution in [2.24, 2.45) is 0 Å². The Balaban J connectivity index is 2.85. The van der Waals surface area contributed by atoms with Gasteiger partial charge in [-0.1, -0.05) is 12.1 Å². The summed E-state index contributed by atoms with van der Waals surface area (Å²) in [6.45, 7) is 1.36. The quantitative estimate of drug-likeness (QED) is 0.784. The van der Waals surface area contributed by atoms with Crippen LogP contribution in [0.1, 0.15) is 6.92 Å². The fourth-order valence-electron chi connectivity index (χ4n) is 1.16. The summed E-state index contributed by atoms with van der Waals surface area (Å²) in [4.78, 5) is 11.1. The summed E-state index contributed by atoms with van der Waals surface area (Å²) in [6.07, 6.45) is -5.86. The molecule has 0 saturated heterocycles. The van der Waals surface area contributed by atoms with Crippen molar-refractivity contribution < 1.29 is 32.2 Å². The van der Waals surface area contributed by atoms with Gasteiger partial charge >= 0.3 is 12.3 Å². The molecule has 0 aliphatic heterocycles. The Kier molecular flexibility index (Phi) is 4.41. The fourth-order valence-corrected chi connectivity index (χ4v) is 1.16. The molecule has 0 saturated carbocycles. The van der Waals surface area contributed by atoms with Gasteiger partial charge in [-0.2, -0.15) is 0 Å². The van der Waals surface area contributed by atoms with E-state index in [-0.39, 0.29) is 5.75 Å². The van der Waals surface area contributed by atoms with Crippen LogP contribution in [0.4, 0.5) is 13.2 Å². The molecule has 0 heterocycles. The molecule has 0 aliphatic carbocycles. The first-order chi connectivity index (χ1) is 8.33. The maximum atomic E-state index is 12.1. The second-order valence-corrected chi connectivity index (χ2v) is 3.28. The second kappa shape index (κ2) is 5.61. The van der Waals surface area contributed by atoms with Crippen molar-refractivity contribution >= 4 is 5.97 Å². The Morgan fingerprint density at radius 1 is 1.22 bits per heavy atom. The van der Waals surface area contributed by atoms with Gasteiger partial charge in [0.15, 0.2) is 17.6 Å². The highest BCUT2D eigenvalue weighted by Gasteiger charge is 2.32. The molecule has 7 heteroatoms. The summed E-state index contributed by atoms with van der Waals surface area (Å²) in [5.74, 6) is -1.40. The van der Waals surface area contributed by atoms with Crippen LogP contribution in [0.5, 0.6) is 11.5 Å². The predicted octanol–water partition coefficient (Wildman–Crippen LogP) is 2.53. The number of ether oxygens (including phenoxy) is 3. The molecule has 100 valence electrons. The van der Waals surface area contributed by atoms with E-state index in [1.165, 1.54) is 25.1 Å². The summed E-state index contributed by atoms with van der Waals surface area (Å²) in [5, 5.41) is 0. The molecule has 0 fully saturated rings. The highest BCUT2D eigenvalue weighted by Crippen LogP contribution is 2.32. The van der Waals surface area contributed by atoms with Crippen LogP contribution in [0.2, 0.25) is 0 Å². The van der Waals surface area contributed by atoms with E-state index in [9.17, 15) is 18.0 Å². The molecule has 0 aromatic heterocycles. The molecule has 1 atom stereocenters. The largest absolute Gasteiger partial charge is 0.573 e. The third kappa shape index (κ3) is 4.15. The van der Waals surface area contributed by atoms with Crippen molar-refractivity contribution in [3.63, 3.8) is 0 Å². The van der Waals surface area contributed by atoms with Gasteiger partial charge in [0.1, 0.15) is 0 Å². The Morgan fingerprint density at radius 2 is 1.78 bits per heavy atom. The molecule has 4 nitrogen and oxygen atoms in total. The number of hydrogen-bond donors (Lipinski definition) is 0. The normalized spacial score (nSPS) is 12.7. The molecule has 0 N–H and O–H groups in total. The lowest BCUT2D eigenvalue weighted by Gasteiger charge is -2.16. The number of carbonyl (C=O) groups is 1. The molecular formula is C11H11F3O4. The van der Waals surface area contributed by atoms with Crippen molar-refractivity contribution in [3.05, 3.63) is 24.3 Å². The number of para-hydroxylation sites is 2. The maximum absolute atomic E-state index is 12.1. The topological polar surface area (TPSA) is 44.8 Å². The van der Waals surface area contributed by atoms with Gasteiger partial charge < -0.3 is 14.2 Å². The van der Waals surface area contributed by atoms with Crippen LogP contribution < -0.4 is 9.47 Å². The summed E-state index contributed by atoms with van der Waals surface area (Å²) in [6, 6.07) is 5.17. The molecule has 1 aromatic carbocycles. The van der Waals surface area contributed by atoms with Crippen molar-refractivity contribution in [1.82, 2.24) is 0 Å². The lowest BCUT2D eigenvalue weighted by atomic mass is 10.3. The summed E-state index contributed by atoms with van der Waals surface area (Å²) in [7, 11) is 1.15. The van der Waals surface area contributed by atoms with E-state index in [2.05, 4.69) is 9.47 Å². The maximum Gasteiger partial charge on any atom is 0.573 e. The minimum absolute atomic E-state index is 0.187. The number of benzene rings is 1. The number of alkyl halides is 3. The minimum Gasteiger partial charge on any atom is -0.475 e. The van der Waals surface area contributed by atoms with Crippen LogP contribution in [-0.2, 0) is 9.53 Å². The zero-order valence-electron chi connectivity index (χ0n) is 9.65. The zero-order valence-corrected chi connectivity index (χ0v) is 9.65. The molecular weight excluding hydrogens is 253 g/mol. The molecule has 0 aliphatic rings. The zero-order chi connectivity index (χ0) is 13.8. The number of hydrogen-bond acceptors (Lipinski definition) is 4. The minimum atomic E-state index is -4.83. The molecule has 0 spiro atoms. The van der Waals surface area contributed by atoms with Crippen LogP contribution in [-0.4, -0.2) is 25.5 Å². The third-order valence-electron chi connectivity index (χ3n) is 1.91. The van der Waals surface area contributed by atoms with Crippen molar-refractivity contribution in [2.75, 3.05) is 7.11 Å². The molecule has 1 rings (SSSR count). The van der Waals surface area contributed by atoms with Crippen LogP contribution in [0.25, 0.3) is 0 Å². The Hall–Kier alpha value is -1.92. The molecule has 0 bridgehead atoms. The van der Waals surface area contributed by atoms with E-state index in [4.69, 9.17) is 4.74 Å². The van der Waals surface area contributed by atoms with Crippen LogP contribution in [0.15, 0.2) is 24.3 Å². The fraction of sp³-hybridized carbons (Fsp3) is 0.364. The highest BCUT2D eigenvalue weighted by molar-refractivity contribution is 5.74. The van der Waals surface area contributed by atoms with Crippen LogP contribution in [0, 0.1) is 0 Å². The van der Waals surface area contributed by atoms with Crippen molar-refractivity contribution in [2.45, 2.75) is 19.4 Å². The first-order valence-corrected chi connectivity index (χ1v) is 4.92. The van der Waals surface area contributed by atoms with Gasteiger partial charge in [0.2, 0.25) is 0 Å². The standard InChI is InChI=1S/C11H11F3O4/c1-7(10(15)16-2)17-8-5-3-4-6-9(8)18-11(12,13)14/h3-7H,1-2H3/t7-/m1/s1. The number of esters is 1. The van der Waals surface area contributed by atoms with Gasteiger partial charge in [-0.15, -0.1) is 13.2 Å². The Bertz CT molecular complexity index is 417. The summed E-state index contributed by atoms with van der Waals surface area (Å²) in [5.41, 5.74) is 0. The SMILES string of the molecule is COC(=O)[C@@H](C)Oc1ccccc1OC(F)(F)F. The van der Waals surface area contributed by atoms with Crippen molar-refractivity contribution in [3.8, 4) is 11.5 Å². The summed E-state index contributed by atoms with van der Waals surface area (Å²) < 4.78 is 49.6. The van der Waals surface area contributed by atoms with E-state index in [0.717, 1.165) is 13.2 Å². The van der Waals surface area contributed by atoms with E-state index >= 15 is 0 Å². The van der Waals surface area contributed by atoms with Gasteiger partial charge in [0.05, 0.1) is 7.11 Å². The van der Waals surface area contributed by atoms with E-state index < -0.39 is 24.2 Å². The van der Waals surface area contributed by atoms with E-state index in [1.54, 1.807) is 0 Å². The number of carbonyl (C=O) groups excluding carboxylic acids is 1. The highest BCUT2D eigenvalue weighted by atomic mass is 19.4. The average Bonchev–Trinajstić information content (AvgIpc) is 2.28. The van der Waals surface area contributed by atoms with E-state index in [0.29, 0.717) is 0 Å². The smallest absolute Gasteiger partial charge is 0.475 e. The van der Waals surface area contributed by atoms with Gasteiger partial charge in [-0.05, 0) is 19.1 Å². The van der Waals surface area contributed by atoms with Gasteiger partial charge in [-0.25, -0.2) is 4.79 Å². The molecule has 0 amide bonds. The molecule has 1 aromatic rings. The van der Waals surface area contributed by atoms with Gasteiger partial charge in [0, 0.05) is 0 Å².